The number of carbonyl (C=O) groups is 1. The van der Waals surface area contributed by atoms with E-state index in [0.29, 0.717) is 5.56 Å². The van der Waals surface area contributed by atoms with Gasteiger partial charge in [-0.15, -0.1) is 0 Å². The minimum atomic E-state index is -0.570. The van der Waals surface area contributed by atoms with Gasteiger partial charge in [-0.1, -0.05) is 18.2 Å². The van der Waals surface area contributed by atoms with Crippen LogP contribution in [0.5, 0.6) is 0 Å². The molecule has 0 N–H and O–H groups in total. The summed E-state index contributed by atoms with van der Waals surface area (Å²) in [6.45, 7) is 5.69. The Kier molecular flexibility index (Phi) is 4.13. The van der Waals surface area contributed by atoms with E-state index in [9.17, 15) is 9.18 Å². The van der Waals surface area contributed by atoms with Gasteiger partial charge in [0.1, 0.15) is 11.9 Å². The number of carbonyl (C=O) groups excluding carboxylic acids is 1. The third-order valence-corrected chi connectivity index (χ3v) is 6.66. The number of rotatable bonds is 3. The van der Waals surface area contributed by atoms with Crippen LogP contribution in [0.25, 0.3) is 0 Å². The van der Waals surface area contributed by atoms with Crippen LogP contribution >= 0.6 is 0 Å². The van der Waals surface area contributed by atoms with Crippen molar-refractivity contribution in [3.63, 3.8) is 0 Å². The zero-order chi connectivity index (χ0) is 18.7. The largest absolute Gasteiger partial charge is 0.340 e. The zero-order valence-corrected chi connectivity index (χ0v) is 16.2. The Hall–Kier alpha value is -1.50. The summed E-state index contributed by atoms with van der Waals surface area (Å²) in [4.78, 5) is 22.1. The zero-order valence-electron chi connectivity index (χ0n) is 16.2. The van der Waals surface area contributed by atoms with Crippen LogP contribution in [0.2, 0.25) is 0 Å². The molecule has 0 radical (unpaired) electrons. The highest BCUT2D eigenvalue weighted by Crippen LogP contribution is 2.56. The lowest BCUT2D eigenvalue weighted by atomic mass is 9.71. The Morgan fingerprint density at radius 2 is 1.50 bits per heavy atom. The van der Waals surface area contributed by atoms with Crippen molar-refractivity contribution in [2.24, 2.45) is 10.8 Å². The molecule has 3 saturated heterocycles. The molecule has 0 aromatic heterocycles. The van der Waals surface area contributed by atoms with E-state index in [4.69, 9.17) is 0 Å². The molecule has 4 rings (SSSR count). The summed E-state index contributed by atoms with van der Waals surface area (Å²) >= 11 is 0. The molecule has 0 aliphatic carbocycles. The molecule has 0 bridgehead atoms. The maximum Gasteiger partial charge on any atom is 0.244 e. The number of likely N-dealkylation sites (tertiary alicyclic amines) is 3. The van der Waals surface area contributed by atoms with Crippen molar-refractivity contribution >= 4 is 5.91 Å². The Balaban J connectivity index is 1.63. The summed E-state index contributed by atoms with van der Waals surface area (Å²) in [6.07, 6.45) is 0. The predicted octanol–water partition coefficient (Wildman–Crippen LogP) is 1.13. The number of nitrogens with zero attached hydrogens (tertiary/aromatic N) is 4. The fourth-order valence-corrected chi connectivity index (χ4v) is 5.93. The Labute approximate surface area is 155 Å². The normalized spacial score (nSPS) is 32.9. The van der Waals surface area contributed by atoms with Gasteiger partial charge in [-0.25, -0.2) is 4.39 Å². The molecular formula is C20H29FN4O. The van der Waals surface area contributed by atoms with Crippen molar-refractivity contribution in [1.29, 1.82) is 0 Å². The first kappa shape index (κ1) is 17.9. The molecular weight excluding hydrogens is 331 g/mol. The number of hydrogen-bond acceptors (Lipinski definition) is 4. The molecule has 5 nitrogen and oxygen atoms in total. The van der Waals surface area contributed by atoms with Gasteiger partial charge in [0.05, 0.1) is 0 Å². The van der Waals surface area contributed by atoms with E-state index >= 15 is 0 Å². The highest BCUT2D eigenvalue weighted by atomic mass is 19.1. The van der Waals surface area contributed by atoms with Gasteiger partial charge in [-0.05, 0) is 34.3 Å². The van der Waals surface area contributed by atoms with E-state index < -0.39 is 6.04 Å². The Bertz CT molecular complexity index is 684. The molecule has 26 heavy (non-hydrogen) atoms. The molecule has 0 unspecified atom stereocenters. The Morgan fingerprint density at radius 3 is 1.96 bits per heavy atom. The van der Waals surface area contributed by atoms with Crippen molar-refractivity contribution in [3.8, 4) is 0 Å². The standard InChI is InChI=1S/C20H29FN4O/c1-22(2)17(15-7-5-6-8-16(15)21)18(26)25-13-19-9-23(3)10-20(19,14-25)12-24(4)11-19/h5-8,17H,9-14H2,1-4H3/t17-,19?,20?/m0/s1. The van der Waals surface area contributed by atoms with Gasteiger partial charge in [0, 0.05) is 55.7 Å². The average molecular weight is 360 g/mol. The maximum atomic E-state index is 14.4. The number of hydrogen-bond donors (Lipinski definition) is 0. The lowest BCUT2D eigenvalue weighted by Gasteiger charge is -2.32. The molecule has 0 spiro atoms. The molecule has 3 heterocycles. The monoisotopic (exact) mass is 360 g/mol. The van der Waals surface area contributed by atoms with Gasteiger partial charge in [-0.2, -0.15) is 0 Å². The van der Waals surface area contributed by atoms with Crippen LogP contribution in [0.15, 0.2) is 24.3 Å². The third-order valence-electron chi connectivity index (χ3n) is 6.66. The summed E-state index contributed by atoms with van der Waals surface area (Å²) < 4.78 is 14.4. The van der Waals surface area contributed by atoms with E-state index in [1.807, 2.05) is 23.9 Å². The quantitative estimate of drug-likeness (QED) is 0.809. The molecule has 1 aromatic rings. The lowest BCUT2D eigenvalue weighted by molar-refractivity contribution is -0.136. The fraction of sp³-hybridized carbons (Fsp3) is 0.650. The van der Waals surface area contributed by atoms with Crippen molar-refractivity contribution in [3.05, 3.63) is 35.6 Å². The van der Waals surface area contributed by atoms with Crippen LogP contribution < -0.4 is 0 Å². The van der Waals surface area contributed by atoms with Crippen LogP contribution in [-0.4, -0.2) is 93.0 Å². The molecule has 3 fully saturated rings. The van der Waals surface area contributed by atoms with Crippen molar-refractivity contribution in [1.82, 2.24) is 19.6 Å². The second-order valence-electron chi connectivity index (χ2n) is 8.99. The highest BCUT2D eigenvalue weighted by Gasteiger charge is 2.66. The molecule has 142 valence electrons. The van der Waals surface area contributed by atoms with Crippen LogP contribution in [0.3, 0.4) is 0 Å². The van der Waals surface area contributed by atoms with E-state index in [0.717, 1.165) is 39.3 Å². The molecule has 6 heteroatoms. The average Bonchev–Trinajstić information content (AvgIpc) is 3.04. The smallest absolute Gasteiger partial charge is 0.244 e. The van der Waals surface area contributed by atoms with Crippen molar-refractivity contribution in [2.75, 3.05) is 67.5 Å². The third kappa shape index (κ3) is 2.50. The lowest BCUT2D eigenvalue weighted by Crippen LogP contribution is -2.45. The van der Waals surface area contributed by atoms with Crippen molar-refractivity contribution in [2.45, 2.75) is 6.04 Å². The summed E-state index contributed by atoms with van der Waals surface area (Å²) in [5, 5.41) is 0. The molecule has 1 aromatic carbocycles. The predicted molar refractivity (Wildman–Crippen MR) is 99.3 cm³/mol. The van der Waals surface area contributed by atoms with E-state index in [-0.39, 0.29) is 22.6 Å². The minimum absolute atomic E-state index is 0.0282. The van der Waals surface area contributed by atoms with Gasteiger partial charge in [-0.3, -0.25) is 9.69 Å². The van der Waals surface area contributed by atoms with E-state index in [1.54, 1.807) is 18.2 Å². The molecule has 1 amide bonds. The SMILES string of the molecule is CN1CC23CN(C)CC2(C1)CN(C(=O)[C@H](c1ccccc1F)N(C)C)C3. The Morgan fingerprint density at radius 1 is 1.00 bits per heavy atom. The first-order valence-corrected chi connectivity index (χ1v) is 9.34. The summed E-state index contributed by atoms with van der Waals surface area (Å²) in [7, 11) is 8.07. The minimum Gasteiger partial charge on any atom is -0.340 e. The van der Waals surface area contributed by atoms with Crippen LogP contribution in [0, 0.1) is 16.6 Å². The number of amides is 1. The van der Waals surface area contributed by atoms with E-state index in [1.165, 1.54) is 6.07 Å². The summed E-state index contributed by atoms with van der Waals surface area (Å²) in [5.74, 6) is -0.282. The second kappa shape index (κ2) is 6.01. The van der Waals surface area contributed by atoms with Crippen molar-refractivity contribution < 1.29 is 9.18 Å². The van der Waals surface area contributed by atoms with Gasteiger partial charge < -0.3 is 14.7 Å². The maximum absolute atomic E-state index is 14.4. The molecule has 3 aliphatic rings. The molecule has 3 aliphatic heterocycles. The second-order valence-corrected chi connectivity index (χ2v) is 8.99. The number of benzene rings is 1. The van der Waals surface area contributed by atoms with E-state index in [2.05, 4.69) is 23.9 Å². The highest BCUT2D eigenvalue weighted by molar-refractivity contribution is 5.84. The number of likely N-dealkylation sites (N-methyl/N-ethyl adjacent to an activating group) is 1. The first-order chi connectivity index (χ1) is 12.3. The topological polar surface area (TPSA) is 30.0 Å². The first-order valence-electron chi connectivity index (χ1n) is 9.34. The molecule has 0 saturated carbocycles. The van der Waals surface area contributed by atoms with Gasteiger partial charge >= 0.3 is 0 Å². The van der Waals surface area contributed by atoms with Gasteiger partial charge in [0.25, 0.3) is 0 Å². The molecule has 1 atom stereocenters. The summed E-state index contributed by atoms with van der Waals surface area (Å²) in [6, 6.07) is 6.07. The summed E-state index contributed by atoms with van der Waals surface area (Å²) in [5.41, 5.74) is 0.769. The van der Waals surface area contributed by atoms with Crippen LogP contribution in [-0.2, 0) is 4.79 Å². The van der Waals surface area contributed by atoms with Gasteiger partial charge in [0.2, 0.25) is 5.91 Å². The fourth-order valence-electron chi connectivity index (χ4n) is 5.93. The van der Waals surface area contributed by atoms with Crippen LogP contribution in [0.1, 0.15) is 11.6 Å². The number of halogens is 1. The van der Waals surface area contributed by atoms with Gasteiger partial charge in [0.15, 0.2) is 0 Å². The van der Waals surface area contributed by atoms with Crippen LogP contribution in [0.4, 0.5) is 4.39 Å².